The number of hydrogen-bond donors (Lipinski definition) is 0. The first kappa shape index (κ1) is 15.1. The van der Waals surface area contributed by atoms with E-state index < -0.39 is 10.0 Å². The van der Waals surface area contributed by atoms with Crippen LogP contribution in [0.5, 0.6) is 0 Å². The van der Waals surface area contributed by atoms with E-state index in [4.69, 9.17) is 5.26 Å². The Morgan fingerprint density at radius 2 is 1.86 bits per heavy atom. The number of aromatic nitrogens is 2. The van der Waals surface area contributed by atoms with Crippen LogP contribution in [0.1, 0.15) is 12.0 Å². The van der Waals surface area contributed by atoms with Crippen molar-refractivity contribution in [3.05, 3.63) is 54.6 Å². The van der Waals surface area contributed by atoms with E-state index in [0.717, 1.165) is 5.56 Å². The molecule has 2 aromatic rings. The van der Waals surface area contributed by atoms with Crippen LogP contribution in [0.25, 0.3) is 0 Å². The molecule has 0 saturated heterocycles. The average molecular weight is 302 g/mol. The molecule has 0 radical (unpaired) electrons. The molecule has 0 amide bonds. The molecule has 0 fully saturated rings. The van der Waals surface area contributed by atoms with Gasteiger partial charge in [-0.2, -0.15) is 9.57 Å². The van der Waals surface area contributed by atoms with Gasteiger partial charge in [0.15, 0.2) is 0 Å². The molecule has 0 spiro atoms. The van der Waals surface area contributed by atoms with Crippen molar-refractivity contribution < 1.29 is 8.42 Å². The number of rotatable bonds is 6. The van der Waals surface area contributed by atoms with Gasteiger partial charge in [-0.05, 0) is 23.8 Å². The second kappa shape index (κ2) is 6.92. The first-order chi connectivity index (χ1) is 10.1. The normalized spacial score (nSPS) is 11.2. The molecule has 2 rings (SSSR count). The summed E-state index contributed by atoms with van der Waals surface area (Å²) in [6.45, 7) is 0.301. The summed E-state index contributed by atoms with van der Waals surface area (Å²) in [6.07, 6.45) is 6.17. The molecule has 0 unspecified atom stereocenters. The second-order valence-electron chi connectivity index (χ2n) is 4.30. The van der Waals surface area contributed by atoms with Gasteiger partial charge in [0, 0.05) is 44.3 Å². The summed E-state index contributed by atoms with van der Waals surface area (Å²) in [5, 5.41) is 8.72. The Hall–Kier alpha value is -2.30. The van der Waals surface area contributed by atoms with Gasteiger partial charge in [0.05, 0.1) is 6.07 Å². The summed E-state index contributed by atoms with van der Waals surface area (Å²) in [5.41, 5.74) is 0.767. The van der Waals surface area contributed by atoms with Crippen molar-refractivity contribution in [3.63, 3.8) is 0 Å². The predicted molar refractivity (Wildman–Crippen MR) is 76.3 cm³/mol. The zero-order valence-electron chi connectivity index (χ0n) is 11.3. The fourth-order valence-corrected chi connectivity index (χ4v) is 3.20. The van der Waals surface area contributed by atoms with Crippen LogP contribution in [-0.4, -0.2) is 29.2 Å². The summed E-state index contributed by atoms with van der Waals surface area (Å²) in [5.74, 6) is 0. The minimum Gasteiger partial charge on any atom is -0.264 e. The monoisotopic (exact) mass is 302 g/mol. The van der Waals surface area contributed by atoms with Crippen LogP contribution < -0.4 is 0 Å². The highest BCUT2D eigenvalue weighted by Gasteiger charge is 2.24. The zero-order valence-corrected chi connectivity index (χ0v) is 12.1. The SMILES string of the molecule is N#CCCN(Cc1cccnc1)S(=O)(=O)c1cccnc1. The third kappa shape index (κ3) is 3.84. The van der Waals surface area contributed by atoms with Gasteiger partial charge in [0.1, 0.15) is 4.90 Å². The third-order valence-electron chi connectivity index (χ3n) is 2.83. The number of sulfonamides is 1. The molecule has 0 aliphatic heterocycles. The molecule has 0 saturated carbocycles. The summed E-state index contributed by atoms with van der Waals surface area (Å²) in [6, 6.07) is 8.57. The highest BCUT2D eigenvalue weighted by Crippen LogP contribution is 2.17. The molecule has 2 heterocycles. The Kier molecular flexibility index (Phi) is 4.98. The van der Waals surface area contributed by atoms with E-state index in [1.807, 2.05) is 6.07 Å². The van der Waals surface area contributed by atoms with Crippen LogP contribution >= 0.6 is 0 Å². The summed E-state index contributed by atoms with van der Waals surface area (Å²) in [4.78, 5) is 7.93. The number of nitriles is 1. The third-order valence-corrected chi connectivity index (χ3v) is 4.66. The largest absolute Gasteiger partial charge is 0.264 e. The van der Waals surface area contributed by atoms with Crippen molar-refractivity contribution in [2.75, 3.05) is 6.54 Å². The summed E-state index contributed by atoms with van der Waals surface area (Å²) in [7, 11) is -3.68. The lowest BCUT2D eigenvalue weighted by Gasteiger charge is -2.20. The van der Waals surface area contributed by atoms with Gasteiger partial charge in [0.25, 0.3) is 0 Å². The molecule has 2 aromatic heterocycles. The Morgan fingerprint density at radius 3 is 2.43 bits per heavy atom. The maximum atomic E-state index is 12.6. The second-order valence-corrected chi connectivity index (χ2v) is 6.23. The molecular weight excluding hydrogens is 288 g/mol. The Balaban J connectivity index is 2.30. The van der Waals surface area contributed by atoms with Crippen molar-refractivity contribution in [1.29, 1.82) is 5.26 Å². The fraction of sp³-hybridized carbons (Fsp3) is 0.214. The minimum absolute atomic E-state index is 0.117. The van der Waals surface area contributed by atoms with Gasteiger partial charge >= 0.3 is 0 Å². The first-order valence-corrected chi connectivity index (χ1v) is 7.74. The minimum atomic E-state index is -3.68. The fourth-order valence-electron chi connectivity index (χ4n) is 1.80. The van der Waals surface area contributed by atoms with Gasteiger partial charge in [-0.3, -0.25) is 9.97 Å². The van der Waals surface area contributed by atoms with Crippen LogP contribution in [0, 0.1) is 11.3 Å². The van der Waals surface area contributed by atoms with Crippen molar-refractivity contribution in [1.82, 2.24) is 14.3 Å². The molecule has 0 aliphatic carbocycles. The molecule has 7 heteroatoms. The van der Waals surface area contributed by atoms with Crippen LogP contribution in [0.15, 0.2) is 53.9 Å². The molecule has 108 valence electrons. The first-order valence-electron chi connectivity index (χ1n) is 6.30. The van der Waals surface area contributed by atoms with Crippen LogP contribution in [0.4, 0.5) is 0 Å². The summed E-state index contributed by atoms with van der Waals surface area (Å²) < 4.78 is 26.5. The summed E-state index contributed by atoms with van der Waals surface area (Å²) >= 11 is 0. The highest BCUT2D eigenvalue weighted by molar-refractivity contribution is 7.89. The molecule has 0 atom stereocenters. The lowest BCUT2D eigenvalue weighted by molar-refractivity contribution is 0.412. The van der Waals surface area contributed by atoms with Gasteiger partial charge in [-0.25, -0.2) is 8.42 Å². The van der Waals surface area contributed by atoms with E-state index in [9.17, 15) is 8.42 Å². The van der Waals surface area contributed by atoms with Crippen molar-refractivity contribution >= 4 is 10.0 Å². The molecule has 6 nitrogen and oxygen atoms in total. The van der Waals surface area contributed by atoms with E-state index in [2.05, 4.69) is 9.97 Å². The maximum Gasteiger partial charge on any atom is 0.244 e. The van der Waals surface area contributed by atoms with E-state index in [0.29, 0.717) is 0 Å². The van der Waals surface area contributed by atoms with E-state index >= 15 is 0 Å². The standard InChI is InChI=1S/C14H14N4O2S/c15-6-3-9-18(12-13-4-1-7-16-10-13)21(19,20)14-5-2-8-17-11-14/h1-2,4-5,7-8,10-11H,3,9,12H2. The predicted octanol–water partition coefficient (Wildman–Crippen LogP) is 1.58. The van der Waals surface area contributed by atoms with E-state index in [-0.39, 0.29) is 24.4 Å². The maximum absolute atomic E-state index is 12.6. The van der Waals surface area contributed by atoms with Crippen molar-refractivity contribution in [2.24, 2.45) is 0 Å². The lowest BCUT2D eigenvalue weighted by Crippen LogP contribution is -2.31. The van der Waals surface area contributed by atoms with Gasteiger partial charge in [0.2, 0.25) is 10.0 Å². The van der Waals surface area contributed by atoms with E-state index in [1.165, 1.54) is 22.8 Å². The van der Waals surface area contributed by atoms with Crippen molar-refractivity contribution in [2.45, 2.75) is 17.9 Å². The molecule has 0 aromatic carbocycles. The van der Waals surface area contributed by atoms with E-state index in [1.54, 1.807) is 30.6 Å². The Morgan fingerprint density at radius 1 is 1.14 bits per heavy atom. The Labute approximate surface area is 123 Å². The van der Waals surface area contributed by atoms with Crippen LogP contribution in [0.2, 0.25) is 0 Å². The van der Waals surface area contributed by atoms with Crippen LogP contribution in [-0.2, 0) is 16.6 Å². The molecule has 0 bridgehead atoms. The molecular formula is C14H14N4O2S. The molecule has 21 heavy (non-hydrogen) atoms. The van der Waals surface area contributed by atoms with Crippen molar-refractivity contribution in [3.8, 4) is 6.07 Å². The zero-order chi connectivity index (χ0) is 15.1. The average Bonchev–Trinajstić information content (AvgIpc) is 2.53. The number of pyridine rings is 2. The lowest BCUT2D eigenvalue weighted by atomic mass is 10.3. The molecule has 0 aliphatic rings. The quantitative estimate of drug-likeness (QED) is 0.808. The molecule has 0 N–H and O–H groups in total. The topological polar surface area (TPSA) is 87.0 Å². The number of nitrogens with zero attached hydrogens (tertiary/aromatic N) is 4. The smallest absolute Gasteiger partial charge is 0.244 e. The highest BCUT2D eigenvalue weighted by atomic mass is 32.2. The Bertz CT molecular complexity index is 712. The van der Waals surface area contributed by atoms with Gasteiger partial charge < -0.3 is 0 Å². The van der Waals surface area contributed by atoms with Crippen LogP contribution in [0.3, 0.4) is 0 Å². The number of hydrogen-bond acceptors (Lipinski definition) is 5. The van der Waals surface area contributed by atoms with Gasteiger partial charge in [-0.1, -0.05) is 6.07 Å². The van der Waals surface area contributed by atoms with Gasteiger partial charge in [-0.15, -0.1) is 0 Å².